The van der Waals surface area contributed by atoms with Gasteiger partial charge in [-0.05, 0) is 12.1 Å². The van der Waals surface area contributed by atoms with Crippen LogP contribution in [0.15, 0.2) is 55.3 Å². The summed E-state index contributed by atoms with van der Waals surface area (Å²) in [7, 11) is 0. The molecule has 0 unspecified atom stereocenters. The molecule has 3 nitrogen and oxygen atoms in total. The van der Waals surface area contributed by atoms with Gasteiger partial charge in [0.25, 0.3) is 0 Å². The highest BCUT2D eigenvalue weighted by molar-refractivity contribution is 5.31. The van der Waals surface area contributed by atoms with E-state index in [-0.39, 0.29) is 0 Å². The van der Waals surface area contributed by atoms with E-state index >= 15 is 0 Å². The molecule has 0 atom stereocenters. The van der Waals surface area contributed by atoms with Gasteiger partial charge in [0.1, 0.15) is 6.61 Å². The molecule has 0 spiro atoms. The summed E-state index contributed by atoms with van der Waals surface area (Å²) in [5.74, 6) is 0.610. The molecule has 0 amide bonds. The van der Waals surface area contributed by atoms with Gasteiger partial charge >= 0.3 is 0 Å². The van der Waals surface area contributed by atoms with Gasteiger partial charge in [0.2, 0.25) is 5.88 Å². The SMILES string of the molecule is C=CCOc1ccn(-c2ccccc2)n1. The number of aromatic nitrogens is 2. The van der Waals surface area contributed by atoms with Crippen LogP contribution < -0.4 is 4.74 Å². The zero-order valence-electron chi connectivity index (χ0n) is 8.34. The normalized spacial score (nSPS) is 9.87. The Morgan fingerprint density at radius 3 is 2.80 bits per heavy atom. The van der Waals surface area contributed by atoms with Crippen LogP contribution in [0.1, 0.15) is 0 Å². The maximum Gasteiger partial charge on any atom is 0.233 e. The van der Waals surface area contributed by atoms with Gasteiger partial charge in [-0.25, -0.2) is 4.68 Å². The number of benzene rings is 1. The lowest BCUT2D eigenvalue weighted by molar-refractivity contribution is 0.346. The van der Waals surface area contributed by atoms with Gasteiger partial charge in [-0.15, -0.1) is 5.10 Å². The van der Waals surface area contributed by atoms with E-state index in [0.29, 0.717) is 12.5 Å². The maximum absolute atomic E-state index is 5.31. The largest absolute Gasteiger partial charge is 0.472 e. The van der Waals surface area contributed by atoms with Gasteiger partial charge in [-0.1, -0.05) is 30.9 Å². The number of hydrogen-bond donors (Lipinski definition) is 0. The fourth-order valence-corrected chi connectivity index (χ4v) is 1.25. The van der Waals surface area contributed by atoms with E-state index in [1.54, 1.807) is 10.8 Å². The highest BCUT2D eigenvalue weighted by Gasteiger charge is 1.99. The second kappa shape index (κ2) is 4.46. The lowest BCUT2D eigenvalue weighted by atomic mass is 10.3. The first kappa shape index (κ1) is 9.52. The van der Waals surface area contributed by atoms with E-state index in [9.17, 15) is 0 Å². The number of nitrogens with zero attached hydrogens (tertiary/aromatic N) is 2. The maximum atomic E-state index is 5.31. The molecule has 1 aromatic heterocycles. The summed E-state index contributed by atoms with van der Waals surface area (Å²) >= 11 is 0. The molecule has 0 saturated heterocycles. The number of ether oxygens (including phenoxy) is 1. The molecule has 2 rings (SSSR count). The summed E-state index contributed by atoms with van der Waals surface area (Å²) in [5, 5.41) is 4.26. The van der Waals surface area contributed by atoms with E-state index in [2.05, 4.69) is 11.7 Å². The molecule has 1 aromatic carbocycles. The summed E-state index contributed by atoms with van der Waals surface area (Å²) in [6.45, 7) is 4.06. The Labute approximate surface area is 88.6 Å². The van der Waals surface area contributed by atoms with Crippen LogP contribution in [-0.4, -0.2) is 16.4 Å². The zero-order valence-corrected chi connectivity index (χ0v) is 8.34. The fourth-order valence-electron chi connectivity index (χ4n) is 1.25. The van der Waals surface area contributed by atoms with Crippen molar-refractivity contribution in [1.82, 2.24) is 9.78 Å². The molecule has 1 heterocycles. The summed E-state index contributed by atoms with van der Waals surface area (Å²) < 4.78 is 7.08. The average Bonchev–Trinajstić information content (AvgIpc) is 2.76. The molecule has 15 heavy (non-hydrogen) atoms. The Bertz CT molecular complexity index is 434. The van der Waals surface area contributed by atoms with Gasteiger partial charge in [0, 0.05) is 12.3 Å². The average molecular weight is 200 g/mol. The molecule has 0 aliphatic rings. The van der Waals surface area contributed by atoms with E-state index in [1.807, 2.05) is 42.6 Å². The van der Waals surface area contributed by atoms with Crippen LogP contribution in [0.4, 0.5) is 0 Å². The topological polar surface area (TPSA) is 27.1 Å². The Kier molecular flexibility index (Phi) is 2.83. The Morgan fingerprint density at radius 1 is 1.27 bits per heavy atom. The molecule has 76 valence electrons. The van der Waals surface area contributed by atoms with Crippen molar-refractivity contribution in [3.8, 4) is 11.6 Å². The van der Waals surface area contributed by atoms with Crippen LogP contribution in [0.2, 0.25) is 0 Å². The molecule has 2 aromatic rings. The van der Waals surface area contributed by atoms with Crippen molar-refractivity contribution >= 4 is 0 Å². The van der Waals surface area contributed by atoms with Crippen molar-refractivity contribution in [1.29, 1.82) is 0 Å². The molecule has 0 N–H and O–H groups in total. The van der Waals surface area contributed by atoms with Crippen LogP contribution in [-0.2, 0) is 0 Å². The number of hydrogen-bond acceptors (Lipinski definition) is 2. The molecular weight excluding hydrogens is 188 g/mol. The van der Waals surface area contributed by atoms with Crippen molar-refractivity contribution < 1.29 is 4.74 Å². The van der Waals surface area contributed by atoms with Crippen molar-refractivity contribution in [2.24, 2.45) is 0 Å². The first-order chi connectivity index (χ1) is 7.40. The Balaban J connectivity index is 2.17. The van der Waals surface area contributed by atoms with E-state index in [0.717, 1.165) is 5.69 Å². The molecule has 0 bridgehead atoms. The second-order valence-corrected chi connectivity index (χ2v) is 3.03. The summed E-state index contributed by atoms with van der Waals surface area (Å²) in [5.41, 5.74) is 1.02. The van der Waals surface area contributed by atoms with Crippen molar-refractivity contribution in [3.05, 3.63) is 55.3 Å². The summed E-state index contributed by atoms with van der Waals surface area (Å²) in [6, 6.07) is 11.7. The van der Waals surface area contributed by atoms with E-state index < -0.39 is 0 Å². The summed E-state index contributed by atoms with van der Waals surface area (Å²) in [4.78, 5) is 0. The number of rotatable bonds is 4. The fraction of sp³-hybridized carbons (Fsp3) is 0.0833. The van der Waals surface area contributed by atoms with Crippen molar-refractivity contribution in [2.75, 3.05) is 6.61 Å². The molecule has 0 aliphatic heterocycles. The smallest absolute Gasteiger partial charge is 0.233 e. The Hall–Kier alpha value is -2.03. The quantitative estimate of drug-likeness (QED) is 0.709. The minimum atomic E-state index is 0.478. The summed E-state index contributed by atoms with van der Waals surface area (Å²) in [6.07, 6.45) is 3.56. The van der Waals surface area contributed by atoms with E-state index in [1.165, 1.54) is 0 Å². The van der Waals surface area contributed by atoms with Gasteiger partial charge in [0.05, 0.1) is 5.69 Å². The van der Waals surface area contributed by atoms with Gasteiger partial charge in [0.15, 0.2) is 0 Å². The molecule has 0 saturated carbocycles. The monoisotopic (exact) mass is 200 g/mol. The molecule has 0 fully saturated rings. The molecule has 0 radical (unpaired) electrons. The van der Waals surface area contributed by atoms with Crippen molar-refractivity contribution in [3.63, 3.8) is 0 Å². The van der Waals surface area contributed by atoms with E-state index in [4.69, 9.17) is 4.74 Å². The highest BCUT2D eigenvalue weighted by atomic mass is 16.5. The molecule has 0 aliphatic carbocycles. The Morgan fingerprint density at radius 2 is 2.07 bits per heavy atom. The lowest BCUT2D eigenvalue weighted by Crippen LogP contribution is -1.97. The van der Waals surface area contributed by atoms with Crippen LogP contribution >= 0.6 is 0 Å². The lowest BCUT2D eigenvalue weighted by Gasteiger charge is -2.00. The standard InChI is InChI=1S/C12H12N2O/c1-2-10-15-12-8-9-14(13-12)11-6-4-3-5-7-11/h2-9H,1,10H2. The third kappa shape index (κ3) is 2.26. The predicted octanol–water partition coefficient (Wildman–Crippen LogP) is 2.44. The predicted molar refractivity (Wildman–Crippen MR) is 59.3 cm³/mol. The molecular formula is C12H12N2O. The highest BCUT2D eigenvalue weighted by Crippen LogP contribution is 2.11. The minimum Gasteiger partial charge on any atom is -0.472 e. The third-order valence-electron chi connectivity index (χ3n) is 1.93. The van der Waals surface area contributed by atoms with Gasteiger partial charge < -0.3 is 4.74 Å². The third-order valence-corrected chi connectivity index (χ3v) is 1.93. The first-order valence-corrected chi connectivity index (χ1v) is 4.75. The molecule has 3 heteroatoms. The van der Waals surface area contributed by atoms with Crippen molar-refractivity contribution in [2.45, 2.75) is 0 Å². The van der Waals surface area contributed by atoms with Crippen LogP contribution in [0.5, 0.6) is 5.88 Å². The second-order valence-electron chi connectivity index (χ2n) is 3.03. The van der Waals surface area contributed by atoms with Crippen LogP contribution in [0.25, 0.3) is 5.69 Å². The number of para-hydroxylation sites is 1. The van der Waals surface area contributed by atoms with Gasteiger partial charge in [-0.3, -0.25) is 0 Å². The van der Waals surface area contributed by atoms with Gasteiger partial charge in [-0.2, -0.15) is 0 Å². The first-order valence-electron chi connectivity index (χ1n) is 4.75. The minimum absolute atomic E-state index is 0.478. The van der Waals surface area contributed by atoms with Crippen LogP contribution in [0, 0.1) is 0 Å². The van der Waals surface area contributed by atoms with Crippen LogP contribution in [0.3, 0.4) is 0 Å². The zero-order chi connectivity index (χ0) is 10.5.